The molecule has 8 nitrogen and oxygen atoms in total. The van der Waals surface area contributed by atoms with Crippen molar-refractivity contribution in [3.8, 4) is 17.1 Å². The van der Waals surface area contributed by atoms with Crippen LogP contribution >= 0.6 is 12.6 Å². The summed E-state index contributed by atoms with van der Waals surface area (Å²) in [6.07, 6.45) is 1.02. The number of nitrogens with two attached hydrogens (primary N) is 1. The van der Waals surface area contributed by atoms with Crippen LogP contribution < -0.4 is 21.1 Å². The number of thiol groups is 1. The number of nitrogens with zero attached hydrogens (tertiary/aromatic N) is 1. The maximum Gasteiger partial charge on any atom is 0.328 e. The molecule has 3 rings (SSSR count). The number of amides is 1. The fourth-order valence-electron chi connectivity index (χ4n) is 3.49. The minimum Gasteiger partial charge on any atom is -0.467 e. The van der Waals surface area contributed by atoms with Crippen LogP contribution in [0, 0.1) is 0 Å². The number of pyridine rings is 1. The minimum absolute atomic E-state index is 0.0348. The van der Waals surface area contributed by atoms with Gasteiger partial charge in [0.25, 0.3) is 5.91 Å². The van der Waals surface area contributed by atoms with E-state index in [2.05, 4.69) is 28.2 Å². The zero-order valence-electron chi connectivity index (χ0n) is 20.2. The van der Waals surface area contributed by atoms with E-state index in [9.17, 15) is 9.59 Å². The predicted molar refractivity (Wildman–Crippen MR) is 144 cm³/mol. The van der Waals surface area contributed by atoms with Crippen molar-refractivity contribution in [2.45, 2.75) is 24.9 Å². The van der Waals surface area contributed by atoms with Gasteiger partial charge in [-0.2, -0.15) is 12.6 Å². The summed E-state index contributed by atoms with van der Waals surface area (Å²) in [6.45, 7) is 0.274. The highest BCUT2D eigenvalue weighted by molar-refractivity contribution is 7.80. The lowest BCUT2D eigenvalue weighted by Gasteiger charge is -2.18. The second-order valence-electron chi connectivity index (χ2n) is 8.19. The molecule has 3 aromatic rings. The lowest BCUT2D eigenvalue weighted by molar-refractivity contribution is -0.145. The van der Waals surface area contributed by atoms with Crippen LogP contribution in [0.15, 0.2) is 72.8 Å². The van der Waals surface area contributed by atoms with E-state index in [1.54, 1.807) is 0 Å². The second kappa shape index (κ2) is 14.1. The number of rotatable bonds is 13. The highest BCUT2D eigenvalue weighted by Gasteiger charge is 2.22. The number of anilines is 1. The van der Waals surface area contributed by atoms with E-state index in [1.807, 2.05) is 72.8 Å². The normalized spacial score (nSPS) is 12.3. The van der Waals surface area contributed by atoms with Gasteiger partial charge in [0.05, 0.1) is 18.5 Å². The van der Waals surface area contributed by atoms with Gasteiger partial charge in [-0.3, -0.25) is 4.79 Å². The quantitative estimate of drug-likeness (QED) is 0.207. The van der Waals surface area contributed by atoms with Crippen LogP contribution in [0.5, 0.6) is 5.88 Å². The Balaban J connectivity index is 1.71. The van der Waals surface area contributed by atoms with Gasteiger partial charge in [0.15, 0.2) is 6.61 Å². The molecule has 9 heteroatoms. The summed E-state index contributed by atoms with van der Waals surface area (Å²) in [7, 11) is 1.29. The first-order valence-electron chi connectivity index (χ1n) is 11.7. The minimum atomic E-state index is -0.836. The second-order valence-corrected chi connectivity index (χ2v) is 8.56. The summed E-state index contributed by atoms with van der Waals surface area (Å²) in [4.78, 5) is 29.6. The molecule has 190 valence electrons. The summed E-state index contributed by atoms with van der Waals surface area (Å²) in [5.41, 5.74) is 9.13. The van der Waals surface area contributed by atoms with E-state index in [0.29, 0.717) is 36.5 Å². The molecule has 0 saturated carbocycles. The Hall–Kier alpha value is -3.56. The molecule has 0 bridgehead atoms. The molecule has 0 saturated heterocycles. The van der Waals surface area contributed by atoms with Crippen LogP contribution in [0.3, 0.4) is 0 Å². The average Bonchev–Trinajstić information content (AvgIpc) is 2.92. The molecule has 2 aromatic carbocycles. The molecule has 0 spiro atoms. The van der Waals surface area contributed by atoms with Crippen LogP contribution in [0.25, 0.3) is 11.3 Å². The summed E-state index contributed by atoms with van der Waals surface area (Å²) in [5.74, 6) is -0.125. The van der Waals surface area contributed by atoms with E-state index in [0.717, 1.165) is 11.1 Å². The number of hydrogen-bond acceptors (Lipinski definition) is 8. The Morgan fingerprint density at radius 1 is 1.03 bits per heavy atom. The van der Waals surface area contributed by atoms with Crippen molar-refractivity contribution in [1.82, 2.24) is 10.3 Å². The highest BCUT2D eigenvalue weighted by Crippen LogP contribution is 2.27. The van der Waals surface area contributed by atoms with Gasteiger partial charge in [0, 0.05) is 30.3 Å². The molecular formula is C27H32N4O4S. The first-order chi connectivity index (χ1) is 17.5. The van der Waals surface area contributed by atoms with Crippen LogP contribution in [0.2, 0.25) is 0 Å². The molecule has 1 aromatic heterocycles. The SMILES string of the molecule is COC(=O)[C@H](Cc1ccccc1)NC(=O)COc1nc(-c2ccccc2)ccc1NCCC(N)CS. The van der Waals surface area contributed by atoms with E-state index in [4.69, 9.17) is 15.2 Å². The van der Waals surface area contributed by atoms with Crippen molar-refractivity contribution in [3.63, 3.8) is 0 Å². The number of carbonyl (C=O) groups excluding carboxylic acids is 2. The van der Waals surface area contributed by atoms with Crippen molar-refractivity contribution < 1.29 is 19.1 Å². The molecule has 0 aliphatic rings. The number of carbonyl (C=O) groups is 2. The number of aromatic nitrogens is 1. The number of nitrogens with one attached hydrogen (secondary N) is 2. The number of hydrogen-bond donors (Lipinski definition) is 4. The first kappa shape index (κ1) is 27.0. The van der Waals surface area contributed by atoms with Crippen molar-refractivity contribution in [2.24, 2.45) is 5.73 Å². The molecule has 2 atom stereocenters. The first-order valence-corrected chi connectivity index (χ1v) is 12.3. The van der Waals surface area contributed by atoms with E-state index >= 15 is 0 Å². The molecule has 4 N–H and O–H groups in total. The summed E-state index contributed by atoms with van der Waals surface area (Å²) in [5, 5.41) is 5.98. The van der Waals surface area contributed by atoms with Gasteiger partial charge in [0.1, 0.15) is 6.04 Å². The fraction of sp³-hybridized carbons (Fsp3) is 0.296. The fourth-order valence-corrected chi connectivity index (χ4v) is 3.68. The van der Waals surface area contributed by atoms with Crippen molar-refractivity contribution in [3.05, 3.63) is 78.4 Å². The lowest BCUT2D eigenvalue weighted by Crippen LogP contribution is -2.45. The average molecular weight is 509 g/mol. The summed E-state index contributed by atoms with van der Waals surface area (Å²) in [6, 6.07) is 22.0. The Bertz CT molecular complexity index is 1120. The third-order valence-electron chi connectivity index (χ3n) is 5.44. The smallest absolute Gasteiger partial charge is 0.328 e. The van der Waals surface area contributed by atoms with Crippen LogP contribution in [0.4, 0.5) is 5.69 Å². The van der Waals surface area contributed by atoms with Crippen LogP contribution in [0.1, 0.15) is 12.0 Å². The number of methoxy groups -OCH3 is 1. The number of benzene rings is 2. The van der Waals surface area contributed by atoms with E-state index in [-0.39, 0.29) is 18.5 Å². The largest absolute Gasteiger partial charge is 0.467 e. The van der Waals surface area contributed by atoms with Gasteiger partial charge in [0.2, 0.25) is 5.88 Å². The zero-order valence-corrected chi connectivity index (χ0v) is 21.1. The Labute approximate surface area is 217 Å². The molecular weight excluding hydrogens is 476 g/mol. The summed E-state index contributed by atoms with van der Waals surface area (Å²) < 4.78 is 10.7. The Kier molecular flexibility index (Phi) is 10.6. The predicted octanol–water partition coefficient (Wildman–Crippen LogP) is 3.09. The van der Waals surface area contributed by atoms with Crippen LogP contribution in [-0.2, 0) is 20.7 Å². The van der Waals surface area contributed by atoms with E-state index < -0.39 is 17.9 Å². The molecule has 0 aliphatic heterocycles. The van der Waals surface area contributed by atoms with Crippen molar-refractivity contribution in [1.29, 1.82) is 0 Å². The van der Waals surface area contributed by atoms with E-state index in [1.165, 1.54) is 7.11 Å². The van der Waals surface area contributed by atoms with Crippen LogP contribution in [-0.4, -0.2) is 55.0 Å². The van der Waals surface area contributed by atoms with Gasteiger partial charge in [-0.05, 0) is 24.1 Å². The topological polar surface area (TPSA) is 116 Å². The van der Waals surface area contributed by atoms with Gasteiger partial charge in [-0.1, -0.05) is 60.7 Å². The highest BCUT2D eigenvalue weighted by atomic mass is 32.1. The Morgan fingerprint density at radius 3 is 2.39 bits per heavy atom. The standard InChI is InChI=1S/C27H32N4O4S/c1-34-27(33)24(16-19-8-4-2-5-9-19)30-25(32)17-35-26-23(29-15-14-21(28)18-36)13-12-22(31-26)20-10-6-3-7-11-20/h2-13,21,24,29,36H,14-18,28H2,1H3,(H,30,32)/t21?,24-/m0/s1. The van der Waals surface area contributed by atoms with Gasteiger partial charge >= 0.3 is 5.97 Å². The van der Waals surface area contributed by atoms with Crippen molar-refractivity contribution >= 4 is 30.2 Å². The molecule has 1 amide bonds. The van der Waals surface area contributed by atoms with Crippen molar-refractivity contribution in [2.75, 3.05) is 31.3 Å². The monoisotopic (exact) mass is 508 g/mol. The van der Waals surface area contributed by atoms with Gasteiger partial charge in [-0.15, -0.1) is 0 Å². The molecule has 1 unspecified atom stereocenters. The third-order valence-corrected chi connectivity index (χ3v) is 5.91. The molecule has 1 heterocycles. The zero-order chi connectivity index (χ0) is 25.8. The molecule has 0 fully saturated rings. The van der Waals surface area contributed by atoms with Gasteiger partial charge < -0.3 is 25.8 Å². The maximum absolute atomic E-state index is 12.7. The molecule has 0 aliphatic carbocycles. The third kappa shape index (κ3) is 8.28. The lowest BCUT2D eigenvalue weighted by atomic mass is 10.1. The molecule has 36 heavy (non-hydrogen) atoms. The maximum atomic E-state index is 12.7. The summed E-state index contributed by atoms with van der Waals surface area (Å²) >= 11 is 4.22. The number of ether oxygens (including phenoxy) is 2. The van der Waals surface area contributed by atoms with Gasteiger partial charge in [-0.25, -0.2) is 9.78 Å². The Morgan fingerprint density at radius 2 is 1.72 bits per heavy atom. The molecule has 0 radical (unpaired) electrons. The number of esters is 1.